The van der Waals surface area contributed by atoms with Crippen LogP contribution in [0.5, 0.6) is 0 Å². The average molecular weight is 431 g/mol. The highest BCUT2D eigenvalue weighted by Crippen LogP contribution is 2.45. The third-order valence-corrected chi connectivity index (χ3v) is 8.25. The van der Waals surface area contributed by atoms with Crippen molar-refractivity contribution in [3.63, 3.8) is 0 Å². The molecular weight excluding hydrogens is 400 g/mol. The van der Waals surface area contributed by atoms with Crippen molar-refractivity contribution in [2.75, 3.05) is 6.61 Å². The third kappa shape index (κ3) is 3.57. The molecule has 6 nitrogen and oxygen atoms in total. The predicted octanol–water partition coefficient (Wildman–Crippen LogP) is 4.79. The predicted molar refractivity (Wildman–Crippen MR) is 115 cm³/mol. The summed E-state index contributed by atoms with van der Waals surface area (Å²) >= 11 is 0. The fourth-order valence-electron chi connectivity index (χ4n) is 4.91. The van der Waals surface area contributed by atoms with Crippen LogP contribution < -0.4 is 0 Å². The van der Waals surface area contributed by atoms with Crippen LogP contribution in [0.15, 0.2) is 29.2 Å². The van der Waals surface area contributed by atoms with E-state index in [1.54, 1.807) is 19.1 Å². The molecule has 0 saturated heterocycles. The number of fused-ring (bicyclic) bond motifs is 3. The van der Waals surface area contributed by atoms with Crippen LogP contribution in [0.3, 0.4) is 0 Å². The molecule has 162 valence electrons. The fourth-order valence-corrected chi connectivity index (χ4v) is 6.50. The lowest BCUT2D eigenvalue weighted by Crippen LogP contribution is -2.28. The smallest absolute Gasteiger partial charge is 0.359 e. The van der Waals surface area contributed by atoms with E-state index in [9.17, 15) is 13.2 Å². The highest BCUT2D eigenvalue weighted by molar-refractivity contribution is 7.90. The van der Waals surface area contributed by atoms with E-state index in [0.29, 0.717) is 21.9 Å². The molecule has 1 saturated carbocycles. The number of nitrogens with zero attached hydrogens (tertiary/aromatic N) is 2. The molecule has 0 amide bonds. The van der Waals surface area contributed by atoms with Crippen molar-refractivity contribution in [3.05, 3.63) is 35.5 Å². The summed E-state index contributed by atoms with van der Waals surface area (Å²) in [6, 6.07) is 7.18. The summed E-state index contributed by atoms with van der Waals surface area (Å²) in [7, 11) is -3.53. The number of carbonyl (C=O) groups is 1. The molecule has 1 aliphatic heterocycles. The van der Waals surface area contributed by atoms with Crippen molar-refractivity contribution in [3.8, 4) is 11.3 Å². The van der Waals surface area contributed by atoms with Gasteiger partial charge in [0.05, 0.1) is 29.0 Å². The summed E-state index contributed by atoms with van der Waals surface area (Å²) in [5.41, 5.74) is 2.29. The van der Waals surface area contributed by atoms with E-state index in [4.69, 9.17) is 4.74 Å². The van der Waals surface area contributed by atoms with Gasteiger partial charge in [0, 0.05) is 11.1 Å². The molecule has 0 atom stereocenters. The van der Waals surface area contributed by atoms with Crippen molar-refractivity contribution in [2.24, 2.45) is 11.3 Å². The van der Waals surface area contributed by atoms with Crippen LogP contribution in [-0.2, 0) is 20.3 Å². The maximum Gasteiger partial charge on any atom is 0.359 e. The molecule has 30 heavy (non-hydrogen) atoms. The quantitative estimate of drug-likeness (QED) is 0.654. The van der Waals surface area contributed by atoms with Crippen molar-refractivity contribution in [1.82, 2.24) is 9.78 Å². The molecule has 0 unspecified atom stereocenters. The Labute approximate surface area is 178 Å². The van der Waals surface area contributed by atoms with Crippen molar-refractivity contribution in [2.45, 2.75) is 70.1 Å². The Bertz CT molecular complexity index is 1070. The normalized spacial score (nSPS) is 22.8. The second-order valence-electron chi connectivity index (χ2n) is 9.47. The van der Waals surface area contributed by atoms with Crippen molar-refractivity contribution >= 4 is 15.8 Å². The highest BCUT2D eigenvalue weighted by Gasteiger charge is 2.39. The Hall–Kier alpha value is -2.15. The van der Waals surface area contributed by atoms with E-state index in [1.165, 1.54) is 0 Å². The van der Waals surface area contributed by atoms with Gasteiger partial charge in [0.15, 0.2) is 15.5 Å². The van der Waals surface area contributed by atoms with E-state index in [-0.39, 0.29) is 29.5 Å². The lowest BCUT2D eigenvalue weighted by Gasteiger charge is -2.37. The van der Waals surface area contributed by atoms with Gasteiger partial charge in [-0.05, 0) is 50.0 Å². The Morgan fingerprint density at radius 2 is 1.83 bits per heavy atom. The van der Waals surface area contributed by atoms with E-state index < -0.39 is 15.8 Å². The van der Waals surface area contributed by atoms with E-state index in [2.05, 4.69) is 25.9 Å². The summed E-state index contributed by atoms with van der Waals surface area (Å²) < 4.78 is 33.0. The van der Waals surface area contributed by atoms with Gasteiger partial charge < -0.3 is 4.74 Å². The molecule has 2 aromatic rings. The largest absolute Gasteiger partial charge is 0.461 e. The van der Waals surface area contributed by atoms with Gasteiger partial charge in [-0.2, -0.15) is 5.10 Å². The minimum absolute atomic E-state index is 0.142. The molecule has 7 heteroatoms. The summed E-state index contributed by atoms with van der Waals surface area (Å²) in [4.78, 5) is 12.9. The van der Waals surface area contributed by atoms with E-state index >= 15 is 0 Å². The van der Waals surface area contributed by atoms with Crippen LogP contribution in [0.4, 0.5) is 0 Å². The Morgan fingerprint density at radius 3 is 2.47 bits per heavy atom. The molecule has 1 fully saturated rings. The van der Waals surface area contributed by atoms with Crippen LogP contribution >= 0.6 is 0 Å². The molecule has 2 aliphatic rings. The zero-order chi connectivity index (χ0) is 21.7. The highest BCUT2D eigenvalue weighted by atomic mass is 32.2. The second kappa shape index (κ2) is 7.52. The molecule has 2 heterocycles. The third-order valence-electron chi connectivity index (χ3n) is 6.56. The number of hydrogen-bond donors (Lipinski definition) is 0. The molecular formula is C23H30N2O4S. The zero-order valence-corrected chi connectivity index (χ0v) is 19.0. The van der Waals surface area contributed by atoms with Crippen LogP contribution in [0.2, 0.25) is 0 Å². The Morgan fingerprint density at radius 1 is 1.17 bits per heavy atom. The van der Waals surface area contributed by atoms with E-state index in [0.717, 1.165) is 31.4 Å². The number of benzene rings is 1. The summed E-state index contributed by atoms with van der Waals surface area (Å²) in [5.74, 6) is -0.118. The average Bonchev–Trinajstić information content (AvgIpc) is 3.06. The number of carbonyl (C=O) groups excluding carboxylic acids is 1. The standard InChI is InChI=1S/C23H30N2O4S/c1-5-29-22(26)20-18-14-30(27,28)19-9-7-6-8-17(19)21(18)25(24-20)16-12-10-15(11-13-16)23(2,3)4/h6-9,15-16H,5,10-14H2,1-4H3. The molecule has 0 bridgehead atoms. The van der Waals surface area contributed by atoms with Crippen LogP contribution in [0.25, 0.3) is 11.3 Å². The van der Waals surface area contributed by atoms with Crippen molar-refractivity contribution in [1.29, 1.82) is 0 Å². The van der Waals surface area contributed by atoms with Crippen LogP contribution in [0.1, 0.15) is 75.5 Å². The molecule has 0 N–H and O–H groups in total. The first-order valence-electron chi connectivity index (χ1n) is 10.7. The van der Waals surface area contributed by atoms with Gasteiger partial charge in [0.1, 0.15) is 0 Å². The van der Waals surface area contributed by atoms with Gasteiger partial charge in [-0.3, -0.25) is 4.68 Å². The summed E-state index contributed by atoms with van der Waals surface area (Å²) in [5, 5.41) is 4.66. The number of sulfone groups is 1. The molecule has 4 rings (SSSR count). The molecule has 1 aromatic carbocycles. The number of esters is 1. The van der Waals surface area contributed by atoms with Crippen molar-refractivity contribution < 1.29 is 17.9 Å². The molecule has 0 radical (unpaired) electrons. The maximum atomic E-state index is 12.9. The zero-order valence-electron chi connectivity index (χ0n) is 18.1. The minimum atomic E-state index is -3.53. The Kier molecular flexibility index (Phi) is 5.29. The second-order valence-corrected chi connectivity index (χ2v) is 11.4. The first kappa shape index (κ1) is 21.1. The lowest BCUT2D eigenvalue weighted by atomic mass is 9.71. The maximum absolute atomic E-state index is 12.9. The minimum Gasteiger partial charge on any atom is -0.461 e. The summed E-state index contributed by atoms with van der Waals surface area (Å²) in [6.07, 6.45) is 4.12. The number of hydrogen-bond acceptors (Lipinski definition) is 5. The summed E-state index contributed by atoms with van der Waals surface area (Å²) in [6.45, 7) is 8.82. The van der Waals surface area contributed by atoms with Gasteiger partial charge >= 0.3 is 5.97 Å². The van der Waals surface area contributed by atoms with Crippen LogP contribution in [0, 0.1) is 11.3 Å². The molecule has 1 aliphatic carbocycles. The molecule has 1 aromatic heterocycles. The number of ether oxygens (including phenoxy) is 1. The van der Waals surface area contributed by atoms with Gasteiger partial charge in [0.25, 0.3) is 0 Å². The monoisotopic (exact) mass is 430 g/mol. The first-order chi connectivity index (χ1) is 14.1. The van der Waals surface area contributed by atoms with E-state index in [1.807, 2.05) is 16.8 Å². The first-order valence-corrected chi connectivity index (χ1v) is 12.4. The number of aromatic nitrogens is 2. The Balaban J connectivity index is 1.82. The topological polar surface area (TPSA) is 78.3 Å². The molecule has 0 spiro atoms. The van der Waals surface area contributed by atoms with Gasteiger partial charge in [-0.1, -0.05) is 39.0 Å². The number of rotatable bonds is 3. The van der Waals surface area contributed by atoms with Gasteiger partial charge in [0.2, 0.25) is 0 Å². The SMILES string of the molecule is CCOC(=O)c1nn(C2CCC(C(C)(C)C)CC2)c2c1CS(=O)(=O)c1ccccc1-2. The van der Waals surface area contributed by atoms with Gasteiger partial charge in [-0.25, -0.2) is 13.2 Å². The van der Waals surface area contributed by atoms with Gasteiger partial charge in [-0.15, -0.1) is 0 Å². The lowest BCUT2D eigenvalue weighted by molar-refractivity contribution is 0.0516. The fraction of sp³-hybridized carbons (Fsp3) is 0.565. The van der Waals surface area contributed by atoms with Crippen LogP contribution in [-0.4, -0.2) is 30.8 Å².